The predicted molar refractivity (Wildman–Crippen MR) is 80.2 cm³/mol. The fraction of sp³-hybridized carbons (Fsp3) is 0.647. The molecule has 1 fully saturated rings. The standard InChI is InChI=1S/C17H27NO/c1-3-5-15-7-9-16(10-8-15)17(19)13-18-11-4-6-14(2)12-18/h7-10,14,17,19H,3-6,11-13H2,1-2H3. The van der Waals surface area contributed by atoms with Crippen molar-refractivity contribution in [3.8, 4) is 0 Å². The molecule has 2 nitrogen and oxygen atoms in total. The predicted octanol–water partition coefficient (Wildman–Crippen LogP) is 3.40. The second-order valence-electron chi connectivity index (χ2n) is 6.01. The van der Waals surface area contributed by atoms with Crippen molar-refractivity contribution in [2.24, 2.45) is 5.92 Å². The van der Waals surface area contributed by atoms with Gasteiger partial charge in [-0.2, -0.15) is 0 Å². The summed E-state index contributed by atoms with van der Waals surface area (Å²) in [6.45, 7) is 7.54. The number of aryl methyl sites for hydroxylation is 1. The van der Waals surface area contributed by atoms with Gasteiger partial charge < -0.3 is 10.0 Å². The van der Waals surface area contributed by atoms with Crippen LogP contribution in [0.1, 0.15) is 50.3 Å². The van der Waals surface area contributed by atoms with Crippen LogP contribution in [0.4, 0.5) is 0 Å². The lowest BCUT2D eigenvalue weighted by atomic mass is 9.99. The lowest BCUT2D eigenvalue weighted by Gasteiger charge is -2.32. The largest absolute Gasteiger partial charge is 0.387 e. The number of benzene rings is 1. The maximum Gasteiger partial charge on any atom is 0.0916 e. The molecule has 0 spiro atoms. The van der Waals surface area contributed by atoms with Crippen molar-refractivity contribution in [3.05, 3.63) is 35.4 Å². The number of hydrogen-bond donors (Lipinski definition) is 1. The van der Waals surface area contributed by atoms with Crippen LogP contribution in [-0.4, -0.2) is 29.6 Å². The lowest BCUT2D eigenvalue weighted by molar-refractivity contribution is 0.0876. The Bertz CT molecular complexity index is 373. The molecule has 0 amide bonds. The number of likely N-dealkylation sites (tertiary alicyclic amines) is 1. The first-order valence-corrected chi connectivity index (χ1v) is 7.68. The van der Waals surface area contributed by atoms with Crippen molar-refractivity contribution in [1.29, 1.82) is 0 Å². The molecule has 0 radical (unpaired) electrons. The molecule has 1 saturated heterocycles. The third-order valence-corrected chi connectivity index (χ3v) is 4.08. The minimum Gasteiger partial charge on any atom is -0.387 e. The topological polar surface area (TPSA) is 23.5 Å². The maximum absolute atomic E-state index is 10.3. The Balaban J connectivity index is 1.89. The van der Waals surface area contributed by atoms with Gasteiger partial charge in [-0.1, -0.05) is 44.5 Å². The van der Waals surface area contributed by atoms with Crippen LogP contribution in [0, 0.1) is 5.92 Å². The van der Waals surface area contributed by atoms with Crippen LogP contribution in [0.2, 0.25) is 0 Å². The van der Waals surface area contributed by atoms with Crippen molar-refractivity contribution in [2.75, 3.05) is 19.6 Å². The quantitative estimate of drug-likeness (QED) is 0.878. The summed E-state index contributed by atoms with van der Waals surface area (Å²) >= 11 is 0. The zero-order chi connectivity index (χ0) is 13.7. The summed E-state index contributed by atoms with van der Waals surface area (Å²) in [5.41, 5.74) is 2.42. The maximum atomic E-state index is 10.3. The highest BCUT2D eigenvalue weighted by Crippen LogP contribution is 2.20. The highest BCUT2D eigenvalue weighted by atomic mass is 16.3. The third-order valence-electron chi connectivity index (χ3n) is 4.08. The number of piperidine rings is 1. The number of aliphatic hydroxyl groups is 1. The number of nitrogens with zero attached hydrogens (tertiary/aromatic N) is 1. The van der Waals surface area contributed by atoms with Gasteiger partial charge in [0.15, 0.2) is 0 Å². The van der Waals surface area contributed by atoms with E-state index in [0.717, 1.165) is 37.5 Å². The van der Waals surface area contributed by atoms with Crippen molar-refractivity contribution in [1.82, 2.24) is 4.90 Å². The number of aliphatic hydroxyl groups excluding tert-OH is 1. The van der Waals surface area contributed by atoms with Gasteiger partial charge in [0, 0.05) is 13.1 Å². The monoisotopic (exact) mass is 261 g/mol. The van der Waals surface area contributed by atoms with Crippen LogP contribution >= 0.6 is 0 Å². The Hall–Kier alpha value is -0.860. The molecular weight excluding hydrogens is 234 g/mol. The van der Waals surface area contributed by atoms with E-state index in [0.29, 0.717) is 0 Å². The Morgan fingerprint density at radius 2 is 2.05 bits per heavy atom. The molecule has 1 aliphatic heterocycles. The van der Waals surface area contributed by atoms with E-state index in [1.165, 1.54) is 24.8 Å². The average Bonchev–Trinajstić information content (AvgIpc) is 2.40. The first kappa shape index (κ1) is 14.5. The van der Waals surface area contributed by atoms with Gasteiger partial charge >= 0.3 is 0 Å². The molecule has 106 valence electrons. The first-order chi connectivity index (χ1) is 9.19. The van der Waals surface area contributed by atoms with Crippen molar-refractivity contribution in [2.45, 2.75) is 45.6 Å². The smallest absolute Gasteiger partial charge is 0.0916 e. The summed E-state index contributed by atoms with van der Waals surface area (Å²) < 4.78 is 0. The van der Waals surface area contributed by atoms with Crippen LogP contribution in [-0.2, 0) is 6.42 Å². The molecule has 2 rings (SSSR count). The Morgan fingerprint density at radius 3 is 2.68 bits per heavy atom. The molecule has 0 aliphatic carbocycles. The van der Waals surface area contributed by atoms with Gasteiger partial charge in [0.05, 0.1) is 6.10 Å². The van der Waals surface area contributed by atoms with E-state index in [-0.39, 0.29) is 6.10 Å². The molecule has 1 heterocycles. The van der Waals surface area contributed by atoms with Crippen LogP contribution in [0.25, 0.3) is 0 Å². The molecule has 0 aromatic heterocycles. The zero-order valence-corrected chi connectivity index (χ0v) is 12.3. The van der Waals surface area contributed by atoms with Gasteiger partial charge in [-0.25, -0.2) is 0 Å². The molecule has 1 aromatic rings. The number of hydrogen-bond acceptors (Lipinski definition) is 2. The van der Waals surface area contributed by atoms with Gasteiger partial charge in [-0.05, 0) is 42.9 Å². The van der Waals surface area contributed by atoms with Crippen molar-refractivity contribution in [3.63, 3.8) is 0 Å². The highest BCUT2D eigenvalue weighted by Gasteiger charge is 2.19. The van der Waals surface area contributed by atoms with Gasteiger partial charge in [0.2, 0.25) is 0 Å². The molecule has 2 unspecified atom stereocenters. The highest BCUT2D eigenvalue weighted by molar-refractivity contribution is 5.24. The number of rotatable bonds is 5. The molecule has 0 saturated carbocycles. The zero-order valence-electron chi connectivity index (χ0n) is 12.3. The van der Waals surface area contributed by atoms with E-state index in [1.807, 2.05) is 0 Å². The second kappa shape index (κ2) is 7.06. The minimum atomic E-state index is -0.346. The molecule has 0 bridgehead atoms. The van der Waals surface area contributed by atoms with Crippen molar-refractivity contribution >= 4 is 0 Å². The minimum absolute atomic E-state index is 0.346. The first-order valence-electron chi connectivity index (χ1n) is 7.68. The summed E-state index contributed by atoms with van der Waals surface area (Å²) in [5, 5.41) is 10.3. The number of β-amino-alcohol motifs (C(OH)–C–C–N with tert-alkyl or cyclic N) is 1. The summed E-state index contributed by atoms with van der Waals surface area (Å²) in [5.74, 6) is 0.771. The third kappa shape index (κ3) is 4.32. The van der Waals surface area contributed by atoms with E-state index in [1.54, 1.807) is 0 Å². The molecule has 1 N–H and O–H groups in total. The van der Waals surface area contributed by atoms with E-state index in [9.17, 15) is 5.11 Å². The van der Waals surface area contributed by atoms with Gasteiger partial charge in [-0.3, -0.25) is 0 Å². The Morgan fingerprint density at radius 1 is 1.32 bits per heavy atom. The molecule has 19 heavy (non-hydrogen) atoms. The van der Waals surface area contributed by atoms with Crippen LogP contribution in [0.5, 0.6) is 0 Å². The molecule has 1 aromatic carbocycles. The molecule has 1 aliphatic rings. The summed E-state index contributed by atoms with van der Waals surface area (Å²) in [4.78, 5) is 2.40. The fourth-order valence-electron chi connectivity index (χ4n) is 3.00. The summed E-state index contributed by atoms with van der Waals surface area (Å²) in [6, 6.07) is 8.48. The SMILES string of the molecule is CCCc1ccc(C(O)CN2CCCC(C)C2)cc1. The van der Waals surface area contributed by atoms with Crippen LogP contribution in [0.15, 0.2) is 24.3 Å². The second-order valence-corrected chi connectivity index (χ2v) is 6.01. The average molecular weight is 261 g/mol. The summed E-state index contributed by atoms with van der Waals surface area (Å²) in [6.07, 6.45) is 4.55. The lowest BCUT2D eigenvalue weighted by Crippen LogP contribution is -2.37. The van der Waals surface area contributed by atoms with Crippen LogP contribution < -0.4 is 0 Å². The Labute approximate surface area is 117 Å². The summed E-state index contributed by atoms with van der Waals surface area (Å²) in [7, 11) is 0. The molecular formula is C17H27NO. The van der Waals surface area contributed by atoms with E-state index in [4.69, 9.17) is 0 Å². The van der Waals surface area contributed by atoms with Gasteiger partial charge in [0.1, 0.15) is 0 Å². The van der Waals surface area contributed by atoms with Gasteiger partial charge in [-0.15, -0.1) is 0 Å². The van der Waals surface area contributed by atoms with E-state index in [2.05, 4.69) is 43.0 Å². The van der Waals surface area contributed by atoms with E-state index < -0.39 is 0 Å². The van der Waals surface area contributed by atoms with E-state index >= 15 is 0 Å². The van der Waals surface area contributed by atoms with Crippen molar-refractivity contribution < 1.29 is 5.11 Å². The normalized spacial score (nSPS) is 22.4. The van der Waals surface area contributed by atoms with Crippen LogP contribution in [0.3, 0.4) is 0 Å². The Kier molecular flexibility index (Phi) is 5.41. The molecule has 2 heteroatoms. The van der Waals surface area contributed by atoms with Gasteiger partial charge in [0.25, 0.3) is 0 Å². The molecule has 2 atom stereocenters. The fourth-order valence-corrected chi connectivity index (χ4v) is 3.00.